The van der Waals surface area contributed by atoms with Crippen molar-refractivity contribution in [2.75, 3.05) is 16.8 Å². The third-order valence-corrected chi connectivity index (χ3v) is 5.98. The number of thioether (sulfide) groups is 1. The minimum Gasteiger partial charge on any atom is -0.311 e. The van der Waals surface area contributed by atoms with E-state index in [0.717, 1.165) is 15.7 Å². The van der Waals surface area contributed by atoms with Crippen molar-refractivity contribution in [3.05, 3.63) is 63.5 Å². The maximum Gasteiger partial charge on any atom is 0.271 e. The van der Waals surface area contributed by atoms with Gasteiger partial charge in [0.25, 0.3) is 11.8 Å². The predicted octanol–water partition coefficient (Wildman–Crippen LogP) is 4.20. The lowest BCUT2D eigenvalue weighted by molar-refractivity contribution is -0.115. The Hall–Kier alpha value is -1.96. The van der Waals surface area contributed by atoms with Crippen LogP contribution in [0.4, 0.5) is 11.4 Å². The molecule has 124 valence electrons. The Morgan fingerprint density at radius 1 is 1.04 bits per heavy atom. The molecule has 0 bridgehead atoms. The highest BCUT2D eigenvalue weighted by Crippen LogP contribution is 2.45. The van der Waals surface area contributed by atoms with Gasteiger partial charge in [0.1, 0.15) is 0 Å². The molecule has 2 aliphatic rings. The van der Waals surface area contributed by atoms with E-state index in [1.807, 2.05) is 48.5 Å². The van der Waals surface area contributed by atoms with Crippen molar-refractivity contribution in [1.82, 2.24) is 0 Å². The average molecular weight is 431 g/mol. The first-order valence-corrected chi connectivity index (χ1v) is 9.44. The molecule has 2 aliphatic heterocycles. The second-order valence-corrected chi connectivity index (χ2v) is 8.13. The van der Waals surface area contributed by atoms with Crippen LogP contribution < -0.4 is 9.80 Å². The Kier molecular flexibility index (Phi) is 4.02. The monoisotopic (exact) mass is 430 g/mol. The fraction of sp³-hybridized carbons (Fsp3) is 0.0556. The molecule has 4 rings (SSSR count). The number of rotatable bonds is 1. The van der Waals surface area contributed by atoms with Gasteiger partial charge in [0.15, 0.2) is 4.32 Å². The Morgan fingerprint density at radius 2 is 1.80 bits per heavy atom. The number of carbonyl (C=O) groups excluding carboxylic acids is 2. The molecule has 0 unspecified atom stereocenters. The van der Waals surface area contributed by atoms with Crippen molar-refractivity contribution in [2.45, 2.75) is 0 Å². The molecule has 2 aromatic rings. The van der Waals surface area contributed by atoms with Crippen LogP contribution in [0.15, 0.2) is 57.9 Å². The molecule has 2 aromatic carbocycles. The van der Waals surface area contributed by atoms with Gasteiger partial charge in [-0.05, 0) is 24.3 Å². The molecular weight excluding hydrogens is 420 g/mol. The molecule has 0 radical (unpaired) electrons. The summed E-state index contributed by atoms with van der Waals surface area (Å²) in [4.78, 5) is 29.2. The summed E-state index contributed by atoms with van der Waals surface area (Å²) in [5.74, 6) is -0.447. The molecule has 0 saturated carbocycles. The maximum atomic E-state index is 13.1. The van der Waals surface area contributed by atoms with E-state index in [1.165, 1.54) is 16.7 Å². The van der Waals surface area contributed by atoms with E-state index in [9.17, 15) is 9.59 Å². The normalized spacial score (nSPS) is 19.8. The van der Waals surface area contributed by atoms with Crippen LogP contribution >= 0.6 is 39.9 Å². The van der Waals surface area contributed by atoms with Crippen LogP contribution in [0.5, 0.6) is 0 Å². The van der Waals surface area contributed by atoms with E-state index in [0.29, 0.717) is 20.5 Å². The van der Waals surface area contributed by atoms with Crippen molar-refractivity contribution in [2.24, 2.45) is 0 Å². The highest BCUT2D eigenvalue weighted by atomic mass is 79.9. The minimum absolute atomic E-state index is 0.184. The van der Waals surface area contributed by atoms with Gasteiger partial charge in [-0.2, -0.15) is 0 Å². The van der Waals surface area contributed by atoms with Crippen LogP contribution in [0.3, 0.4) is 0 Å². The Balaban J connectivity index is 1.85. The number of thiocarbonyl (C=S) groups is 1. The van der Waals surface area contributed by atoms with E-state index >= 15 is 0 Å². The molecule has 2 heterocycles. The van der Waals surface area contributed by atoms with Crippen LogP contribution in [0, 0.1) is 0 Å². The molecule has 0 N–H and O–H groups in total. The number of hydrogen-bond donors (Lipinski definition) is 0. The second-order valence-electron chi connectivity index (χ2n) is 5.57. The van der Waals surface area contributed by atoms with E-state index < -0.39 is 0 Å². The van der Waals surface area contributed by atoms with Crippen molar-refractivity contribution in [1.29, 1.82) is 0 Å². The van der Waals surface area contributed by atoms with Gasteiger partial charge in [-0.25, -0.2) is 0 Å². The highest BCUT2D eigenvalue weighted by molar-refractivity contribution is 9.10. The van der Waals surface area contributed by atoms with E-state index in [4.69, 9.17) is 12.2 Å². The van der Waals surface area contributed by atoms with Crippen molar-refractivity contribution in [3.63, 3.8) is 0 Å². The summed E-state index contributed by atoms with van der Waals surface area (Å²) < 4.78 is 1.28. The smallest absolute Gasteiger partial charge is 0.271 e. The standard InChI is InChI=1S/C18H11BrN2O2S2/c1-20-13-8-3-2-7-12(13)14(16(20)22)15-17(23)21(18(24)25-15)11-6-4-5-10(19)9-11/h2-9H,1H3/b15-14-. The number of nitrogens with zero attached hydrogens (tertiary/aromatic N) is 2. The summed E-state index contributed by atoms with van der Waals surface area (Å²) in [5.41, 5.74) is 2.67. The zero-order valence-corrected chi connectivity index (χ0v) is 16.2. The largest absolute Gasteiger partial charge is 0.311 e. The number of hydrogen-bond acceptors (Lipinski definition) is 4. The SMILES string of the molecule is CN1C(=O)/C(=C2\SC(=S)N(c3cccc(Br)c3)C2=O)c2ccccc21. The van der Waals surface area contributed by atoms with Gasteiger partial charge in [0.05, 0.1) is 21.9 Å². The number of benzene rings is 2. The van der Waals surface area contributed by atoms with Crippen LogP contribution in [0.25, 0.3) is 5.57 Å². The van der Waals surface area contributed by atoms with E-state index in [1.54, 1.807) is 11.9 Å². The molecule has 1 saturated heterocycles. The molecule has 0 atom stereocenters. The van der Waals surface area contributed by atoms with Gasteiger partial charge >= 0.3 is 0 Å². The zero-order valence-electron chi connectivity index (χ0n) is 13.0. The first kappa shape index (κ1) is 16.5. The molecule has 2 amide bonds. The van der Waals surface area contributed by atoms with E-state index in [-0.39, 0.29) is 11.8 Å². The summed E-state index contributed by atoms with van der Waals surface area (Å²) in [6, 6.07) is 14.8. The lowest BCUT2D eigenvalue weighted by Crippen LogP contribution is -2.28. The average Bonchev–Trinajstić information content (AvgIpc) is 3.02. The van der Waals surface area contributed by atoms with Gasteiger partial charge in [-0.3, -0.25) is 14.5 Å². The van der Waals surface area contributed by atoms with Crippen LogP contribution in [-0.2, 0) is 9.59 Å². The van der Waals surface area contributed by atoms with Crippen molar-refractivity contribution < 1.29 is 9.59 Å². The van der Waals surface area contributed by atoms with Crippen LogP contribution in [-0.4, -0.2) is 23.2 Å². The molecule has 0 aliphatic carbocycles. The summed E-state index contributed by atoms with van der Waals surface area (Å²) in [6.07, 6.45) is 0. The van der Waals surface area contributed by atoms with E-state index in [2.05, 4.69) is 15.9 Å². The summed E-state index contributed by atoms with van der Waals surface area (Å²) in [6.45, 7) is 0. The third-order valence-electron chi connectivity index (χ3n) is 4.12. The first-order valence-electron chi connectivity index (χ1n) is 7.42. The summed E-state index contributed by atoms with van der Waals surface area (Å²) in [5, 5.41) is 0. The molecule has 0 spiro atoms. The fourth-order valence-corrected chi connectivity index (χ4v) is 4.70. The van der Waals surface area contributed by atoms with Crippen LogP contribution in [0.2, 0.25) is 0 Å². The predicted molar refractivity (Wildman–Crippen MR) is 109 cm³/mol. The number of likely N-dealkylation sites (N-methyl/N-ethyl adjacent to an activating group) is 1. The minimum atomic E-state index is -0.262. The molecule has 7 heteroatoms. The number of carbonyl (C=O) groups is 2. The first-order chi connectivity index (χ1) is 12.0. The summed E-state index contributed by atoms with van der Waals surface area (Å²) in [7, 11) is 1.71. The van der Waals surface area contributed by atoms with Gasteiger partial charge < -0.3 is 4.90 Å². The third kappa shape index (κ3) is 2.54. The van der Waals surface area contributed by atoms with Gasteiger partial charge in [0.2, 0.25) is 0 Å². The van der Waals surface area contributed by atoms with Gasteiger partial charge in [0, 0.05) is 17.1 Å². The van der Waals surface area contributed by atoms with Crippen LogP contribution in [0.1, 0.15) is 5.56 Å². The fourth-order valence-electron chi connectivity index (χ4n) is 2.95. The number of amides is 2. The second kappa shape index (κ2) is 6.09. The quantitative estimate of drug-likeness (QED) is 0.501. The molecule has 1 fully saturated rings. The number of anilines is 2. The van der Waals surface area contributed by atoms with Crippen molar-refractivity contribution in [3.8, 4) is 0 Å². The van der Waals surface area contributed by atoms with Gasteiger partial charge in [-0.15, -0.1) is 0 Å². The molecule has 4 nitrogen and oxygen atoms in total. The zero-order chi connectivity index (χ0) is 17.7. The Morgan fingerprint density at radius 3 is 2.56 bits per heavy atom. The molecule has 25 heavy (non-hydrogen) atoms. The highest BCUT2D eigenvalue weighted by Gasteiger charge is 2.41. The number of halogens is 1. The Bertz CT molecular complexity index is 987. The summed E-state index contributed by atoms with van der Waals surface area (Å²) >= 11 is 10.00. The van der Waals surface area contributed by atoms with Gasteiger partial charge in [-0.1, -0.05) is 64.2 Å². The number of fused-ring (bicyclic) bond motifs is 1. The molecular formula is C18H11BrN2O2S2. The Labute approximate surface area is 162 Å². The lowest BCUT2D eigenvalue weighted by atomic mass is 10.1. The topological polar surface area (TPSA) is 40.6 Å². The van der Waals surface area contributed by atoms with Crippen molar-refractivity contribution >= 4 is 73.0 Å². The number of para-hydroxylation sites is 1. The lowest BCUT2D eigenvalue weighted by Gasteiger charge is -2.14. The molecule has 0 aromatic heterocycles. The maximum absolute atomic E-state index is 13.1.